The number of benzene rings is 2. The van der Waals surface area contributed by atoms with Crippen molar-refractivity contribution in [2.45, 2.75) is 12.7 Å². The summed E-state index contributed by atoms with van der Waals surface area (Å²) in [5.74, 6) is -0.441. The second kappa shape index (κ2) is 4.91. The Hall–Kier alpha value is -2.21. The number of nitrogens with zero attached hydrogens (tertiary/aromatic N) is 1. The molecule has 1 amide bonds. The highest BCUT2D eigenvalue weighted by Gasteiger charge is 2.34. The molecule has 1 N–H and O–H groups in total. The Morgan fingerprint density at radius 3 is 2.50 bits per heavy atom. The van der Waals surface area contributed by atoms with Gasteiger partial charge in [-0.2, -0.15) is 13.2 Å². The van der Waals surface area contributed by atoms with Crippen molar-refractivity contribution in [1.29, 1.82) is 0 Å². The Balaban J connectivity index is 2.01. The summed E-state index contributed by atoms with van der Waals surface area (Å²) in [6.07, 6.45) is -4.50. The van der Waals surface area contributed by atoms with Crippen molar-refractivity contribution in [3.8, 4) is 5.75 Å². The minimum absolute atomic E-state index is 0.0311. The minimum atomic E-state index is -4.50. The van der Waals surface area contributed by atoms with Gasteiger partial charge in [-0.1, -0.05) is 17.7 Å². The van der Waals surface area contributed by atoms with Gasteiger partial charge in [0.25, 0.3) is 5.91 Å². The van der Waals surface area contributed by atoms with Crippen molar-refractivity contribution in [3.05, 3.63) is 58.1 Å². The van der Waals surface area contributed by atoms with Crippen LogP contribution in [0.15, 0.2) is 36.4 Å². The van der Waals surface area contributed by atoms with Crippen molar-refractivity contribution >= 4 is 23.2 Å². The van der Waals surface area contributed by atoms with Gasteiger partial charge in [0, 0.05) is 11.1 Å². The quantitative estimate of drug-likeness (QED) is 0.851. The van der Waals surface area contributed by atoms with Crippen molar-refractivity contribution in [1.82, 2.24) is 0 Å². The number of hydrogen-bond acceptors (Lipinski definition) is 2. The molecule has 0 fully saturated rings. The van der Waals surface area contributed by atoms with Crippen molar-refractivity contribution in [2.24, 2.45) is 0 Å². The maximum absolute atomic E-state index is 12.6. The molecule has 1 aliphatic heterocycles. The van der Waals surface area contributed by atoms with Crippen LogP contribution in [0.5, 0.6) is 5.75 Å². The van der Waals surface area contributed by atoms with Gasteiger partial charge < -0.3 is 10.0 Å². The van der Waals surface area contributed by atoms with Gasteiger partial charge in [-0.3, -0.25) is 4.79 Å². The zero-order valence-corrected chi connectivity index (χ0v) is 11.7. The van der Waals surface area contributed by atoms with Gasteiger partial charge in [0.15, 0.2) is 0 Å². The fraction of sp³-hybridized carbons (Fsp3) is 0.133. The van der Waals surface area contributed by atoms with Gasteiger partial charge in [0.2, 0.25) is 0 Å². The summed E-state index contributed by atoms with van der Waals surface area (Å²) in [4.78, 5) is 13.6. The summed E-state index contributed by atoms with van der Waals surface area (Å²) in [7, 11) is 0. The maximum atomic E-state index is 12.6. The van der Waals surface area contributed by atoms with Gasteiger partial charge in [-0.25, -0.2) is 0 Å². The summed E-state index contributed by atoms with van der Waals surface area (Å²) in [6.45, 7) is 0.0614. The normalized spacial score (nSPS) is 14.4. The lowest BCUT2D eigenvalue weighted by Gasteiger charge is -2.18. The van der Waals surface area contributed by atoms with Crippen molar-refractivity contribution < 1.29 is 23.1 Å². The largest absolute Gasteiger partial charge is 0.508 e. The van der Waals surface area contributed by atoms with Gasteiger partial charge >= 0.3 is 6.18 Å². The summed E-state index contributed by atoms with van der Waals surface area (Å²) < 4.78 is 37.9. The number of carbonyl (C=O) groups is 1. The Bertz CT molecular complexity index is 774. The number of alkyl halides is 3. The number of hydrogen-bond donors (Lipinski definition) is 1. The van der Waals surface area contributed by atoms with E-state index in [0.717, 1.165) is 18.2 Å². The van der Waals surface area contributed by atoms with Gasteiger partial charge in [-0.15, -0.1) is 0 Å². The van der Waals surface area contributed by atoms with Crippen LogP contribution in [0.1, 0.15) is 21.5 Å². The number of fused-ring (bicyclic) bond motifs is 1. The number of phenols is 1. The Morgan fingerprint density at radius 2 is 1.91 bits per heavy atom. The molecule has 2 aromatic carbocycles. The molecule has 1 aliphatic rings. The van der Waals surface area contributed by atoms with E-state index in [2.05, 4.69) is 0 Å². The van der Waals surface area contributed by atoms with Crippen LogP contribution >= 0.6 is 11.6 Å². The second-order valence-electron chi connectivity index (χ2n) is 4.86. The SMILES string of the molecule is O=C1c2cccc(O)c2CN1c1ccc(C(F)(F)F)cc1Cl. The molecule has 3 rings (SSSR count). The maximum Gasteiger partial charge on any atom is 0.416 e. The van der Waals surface area contributed by atoms with Gasteiger partial charge in [0.1, 0.15) is 5.75 Å². The first kappa shape index (κ1) is 14.7. The standard InChI is InChI=1S/C15H9ClF3NO2/c16-11-6-8(15(17,18)19)4-5-12(11)20-7-10-9(14(20)22)2-1-3-13(10)21/h1-6,21H,7H2. The molecular formula is C15H9ClF3NO2. The van der Waals surface area contributed by atoms with E-state index >= 15 is 0 Å². The fourth-order valence-corrected chi connectivity index (χ4v) is 2.70. The lowest BCUT2D eigenvalue weighted by molar-refractivity contribution is -0.137. The average molecular weight is 328 g/mol. The third-order valence-electron chi connectivity index (χ3n) is 3.51. The van der Waals surface area contributed by atoms with E-state index in [-0.39, 0.29) is 23.0 Å². The van der Waals surface area contributed by atoms with E-state index < -0.39 is 17.6 Å². The first-order valence-electron chi connectivity index (χ1n) is 6.28. The second-order valence-corrected chi connectivity index (χ2v) is 5.27. The number of aromatic hydroxyl groups is 1. The fourth-order valence-electron chi connectivity index (χ4n) is 2.41. The molecule has 0 unspecified atom stereocenters. The van der Waals surface area contributed by atoms with Gasteiger partial charge in [-0.05, 0) is 30.3 Å². The topological polar surface area (TPSA) is 40.5 Å². The van der Waals surface area contributed by atoms with Crippen LogP contribution in [0.25, 0.3) is 0 Å². The molecule has 0 radical (unpaired) electrons. The predicted octanol–water partition coefficient (Wildman–Crippen LogP) is 4.22. The Labute approximate surface area is 128 Å². The molecule has 2 aromatic rings. The number of phenolic OH excluding ortho intramolecular Hbond substituents is 1. The van der Waals surface area contributed by atoms with Crippen LogP contribution in [0.3, 0.4) is 0 Å². The average Bonchev–Trinajstić information content (AvgIpc) is 2.77. The first-order chi connectivity index (χ1) is 10.3. The van der Waals surface area contributed by atoms with Crippen LogP contribution in [-0.4, -0.2) is 11.0 Å². The summed E-state index contributed by atoms with van der Waals surface area (Å²) in [6, 6.07) is 7.35. The molecule has 3 nitrogen and oxygen atoms in total. The molecule has 22 heavy (non-hydrogen) atoms. The molecule has 114 valence electrons. The van der Waals surface area contributed by atoms with Crippen LogP contribution in [-0.2, 0) is 12.7 Å². The van der Waals surface area contributed by atoms with Crippen LogP contribution in [0.2, 0.25) is 5.02 Å². The lowest BCUT2D eigenvalue weighted by Crippen LogP contribution is -2.23. The van der Waals surface area contributed by atoms with Crippen LogP contribution < -0.4 is 4.90 Å². The molecule has 0 atom stereocenters. The highest BCUT2D eigenvalue weighted by molar-refractivity contribution is 6.34. The first-order valence-corrected chi connectivity index (χ1v) is 6.66. The highest BCUT2D eigenvalue weighted by Crippen LogP contribution is 2.39. The van der Waals surface area contributed by atoms with E-state index in [1.165, 1.54) is 17.0 Å². The molecule has 0 aliphatic carbocycles. The number of halogens is 4. The highest BCUT2D eigenvalue weighted by atomic mass is 35.5. The minimum Gasteiger partial charge on any atom is -0.508 e. The lowest BCUT2D eigenvalue weighted by atomic mass is 10.1. The van der Waals surface area contributed by atoms with Crippen LogP contribution in [0.4, 0.5) is 18.9 Å². The van der Waals surface area contributed by atoms with E-state index in [0.29, 0.717) is 11.1 Å². The molecule has 0 saturated heterocycles. The Kier molecular flexibility index (Phi) is 3.29. The zero-order chi connectivity index (χ0) is 16.1. The molecule has 0 saturated carbocycles. The number of anilines is 1. The summed E-state index contributed by atoms with van der Waals surface area (Å²) in [5.41, 5.74) is 0.0444. The van der Waals surface area contributed by atoms with E-state index in [1.807, 2.05) is 0 Å². The third kappa shape index (κ3) is 2.29. The molecule has 0 bridgehead atoms. The Morgan fingerprint density at radius 1 is 1.18 bits per heavy atom. The number of amides is 1. The van der Waals surface area contributed by atoms with E-state index in [1.54, 1.807) is 6.07 Å². The smallest absolute Gasteiger partial charge is 0.416 e. The molecule has 0 spiro atoms. The molecular weight excluding hydrogens is 319 g/mol. The molecule has 1 heterocycles. The van der Waals surface area contributed by atoms with Crippen molar-refractivity contribution in [3.63, 3.8) is 0 Å². The number of rotatable bonds is 1. The van der Waals surface area contributed by atoms with Gasteiger partial charge in [0.05, 0.1) is 22.8 Å². The third-order valence-corrected chi connectivity index (χ3v) is 3.81. The number of carbonyl (C=O) groups excluding carboxylic acids is 1. The van der Waals surface area contributed by atoms with E-state index in [4.69, 9.17) is 11.6 Å². The van der Waals surface area contributed by atoms with E-state index in [9.17, 15) is 23.1 Å². The summed E-state index contributed by atoms with van der Waals surface area (Å²) >= 11 is 5.91. The predicted molar refractivity (Wildman–Crippen MR) is 75.1 cm³/mol. The summed E-state index contributed by atoms with van der Waals surface area (Å²) in [5, 5.41) is 9.60. The monoisotopic (exact) mass is 327 g/mol. The molecule has 7 heteroatoms. The molecule has 0 aromatic heterocycles. The van der Waals surface area contributed by atoms with Crippen LogP contribution in [0, 0.1) is 0 Å². The zero-order valence-electron chi connectivity index (χ0n) is 11.0. The van der Waals surface area contributed by atoms with Crippen molar-refractivity contribution in [2.75, 3.05) is 4.90 Å².